The number of nitrogens with zero attached hydrogens (tertiary/aromatic N) is 2. The van der Waals surface area contributed by atoms with Crippen LogP contribution in [0.15, 0.2) is 89.8 Å². The van der Waals surface area contributed by atoms with Gasteiger partial charge in [-0.2, -0.15) is 0 Å². The molecule has 0 atom stereocenters. The van der Waals surface area contributed by atoms with Gasteiger partial charge in [-0.25, -0.2) is 12.4 Å². The first-order chi connectivity index (χ1) is 14.6. The Kier molecular flexibility index (Phi) is 4.53. The van der Waals surface area contributed by atoms with Gasteiger partial charge in [-0.3, -0.25) is 9.69 Å². The van der Waals surface area contributed by atoms with Crippen LogP contribution in [0.3, 0.4) is 0 Å². The van der Waals surface area contributed by atoms with Gasteiger partial charge in [-0.05, 0) is 23.8 Å². The van der Waals surface area contributed by atoms with E-state index in [1.165, 1.54) is 3.97 Å². The lowest BCUT2D eigenvalue weighted by atomic mass is 10.0. The lowest BCUT2D eigenvalue weighted by Gasteiger charge is -2.27. The molecule has 4 aromatic rings. The summed E-state index contributed by atoms with van der Waals surface area (Å²) in [6.45, 7) is 1.23. The average Bonchev–Trinajstić information content (AvgIpc) is 3.10. The number of fused-ring (bicyclic) bond motifs is 3. The van der Waals surface area contributed by atoms with E-state index in [4.69, 9.17) is 0 Å². The number of aromatic nitrogens is 1. The van der Waals surface area contributed by atoms with Crippen molar-refractivity contribution in [2.45, 2.75) is 18.0 Å². The van der Waals surface area contributed by atoms with Crippen LogP contribution in [0.1, 0.15) is 21.6 Å². The number of rotatable bonds is 4. The van der Waals surface area contributed by atoms with Crippen molar-refractivity contribution in [3.63, 3.8) is 0 Å². The maximum Gasteiger partial charge on any atom is 0.268 e. The highest BCUT2D eigenvalue weighted by Crippen LogP contribution is 2.34. The Morgan fingerprint density at radius 3 is 2.13 bits per heavy atom. The molecule has 5 rings (SSSR count). The van der Waals surface area contributed by atoms with Gasteiger partial charge in [0, 0.05) is 18.5 Å². The number of ketones is 1. The first kappa shape index (κ1) is 18.8. The Labute approximate surface area is 175 Å². The number of hydrogen-bond donors (Lipinski definition) is 0. The smallest absolute Gasteiger partial charge is 0.268 e. The zero-order valence-electron chi connectivity index (χ0n) is 16.2. The van der Waals surface area contributed by atoms with E-state index in [1.807, 2.05) is 47.4 Å². The second kappa shape index (κ2) is 7.23. The van der Waals surface area contributed by atoms with Crippen molar-refractivity contribution >= 4 is 26.7 Å². The molecule has 0 fully saturated rings. The summed E-state index contributed by atoms with van der Waals surface area (Å²) < 4.78 is 28.5. The highest BCUT2D eigenvalue weighted by Gasteiger charge is 2.34. The minimum atomic E-state index is -3.85. The standard InChI is InChI=1S/C24H20N2O3S/c27-23-17-25(15-18-9-3-1-4-10-18)16-22-24(23)20-13-7-8-14-21(20)26(22)30(28,29)19-11-5-2-6-12-19/h1-14H,15-17H2. The Morgan fingerprint density at radius 1 is 0.767 bits per heavy atom. The van der Waals surface area contributed by atoms with Crippen LogP contribution < -0.4 is 0 Å². The maximum absolute atomic E-state index is 13.6. The molecular formula is C24H20N2O3S. The van der Waals surface area contributed by atoms with Crippen molar-refractivity contribution in [3.05, 3.63) is 102 Å². The van der Waals surface area contributed by atoms with E-state index >= 15 is 0 Å². The normalized spacial score (nSPS) is 14.7. The Bertz CT molecular complexity index is 1340. The molecule has 3 aromatic carbocycles. The van der Waals surface area contributed by atoms with Crippen molar-refractivity contribution < 1.29 is 13.2 Å². The van der Waals surface area contributed by atoms with Crippen LogP contribution in [0.2, 0.25) is 0 Å². The summed E-state index contributed by atoms with van der Waals surface area (Å²) in [5.41, 5.74) is 2.69. The third-order valence-corrected chi connectivity index (χ3v) is 7.24. The molecule has 6 heteroatoms. The van der Waals surface area contributed by atoms with Crippen molar-refractivity contribution in [2.24, 2.45) is 0 Å². The highest BCUT2D eigenvalue weighted by atomic mass is 32.2. The number of carbonyl (C=O) groups is 1. The van der Waals surface area contributed by atoms with E-state index < -0.39 is 10.0 Å². The summed E-state index contributed by atoms with van der Waals surface area (Å²) in [5.74, 6) is -0.0506. The summed E-state index contributed by atoms with van der Waals surface area (Å²) in [6, 6.07) is 25.5. The van der Waals surface area contributed by atoms with Gasteiger partial charge in [0.05, 0.1) is 28.2 Å². The van der Waals surface area contributed by atoms with Gasteiger partial charge in [0.15, 0.2) is 5.78 Å². The van der Waals surface area contributed by atoms with Crippen LogP contribution in [0, 0.1) is 0 Å². The van der Waals surface area contributed by atoms with Crippen LogP contribution in [0.4, 0.5) is 0 Å². The lowest BCUT2D eigenvalue weighted by Crippen LogP contribution is -2.36. The molecule has 0 aliphatic carbocycles. The summed E-state index contributed by atoms with van der Waals surface area (Å²) in [7, 11) is -3.85. The monoisotopic (exact) mass is 416 g/mol. The minimum Gasteiger partial charge on any atom is -0.293 e. The average molecular weight is 417 g/mol. The molecule has 1 aliphatic heterocycles. The zero-order chi connectivity index (χ0) is 20.7. The first-order valence-corrected chi connectivity index (χ1v) is 11.2. The summed E-state index contributed by atoms with van der Waals surface area (Å²) in [4.78, 5) is 15.3. The van der Waals surface area contributed by atoms with Gasteiger partial charge < -0.3 is 0 Å². The largest absolute Gasteiger partial charge is 0.293 e. The van der Waals surface area contributed by atoms with Crippen LogP contribution in [-0.2, 0) is 23.1 Å². The van der Waals surface area contributed by atoms with E-state index in [2.05, 4.69) is 0 Å². The van der Waals surface area contributed by atoms with Gasteiger partial charge in [0.2, 0.25) is 0 Å². The molecular weight excluding hydrogens is 396 g/mol. The van der Waals surface area contributed by atoms with Gasteiger partial charge in [0.1, 0.15) is 0 Å². The Balaban J connectivity index is 1.68. The summed E-state index contributed by atoms with van der Waals surface area (Å²) >= 11 is 0. The molecule has 150 valence electrons. The lowest BCUT2D eigenvalue weighted by molar-refractivity contribution is 0.0894. The van der Waals surface area contributed by atoms with Crippen molar-refractivity contribution in [2.75, 3.05) is 6.54 Å². The molecule has 0 N–H and O–H groups in total. The van der Waals surface area contributed by atoms with Crippen molar-refractivity contribution in [1.29, 1.82) is 0 Å². The van der Waals surface area contributed by atoms with E-state index in [0.29, 0.717) is 35.2 Å². The fourth-order valence-electron chi connectivity index (χ4n) is 4.19. The molecule has 1 aliphatic rings. The van der Waals surface area contributed by atoms with Crippen molar-refractivity contribution in [3.8, 4) is 0 Å². The maximum atomic E-state index is 13.6. The number of benzene rings is 3. The molecule has 1 aromatic heterocycles. The van der Waals surface area contributed by atoms with E-state index in [9.17, 15) is 13.2 Å². The fourth-order valence-corrected chi connectivity index (χ4v) is 5.76. The SMILES string of the molecule is O=C1CN(Cc2ccccc2)Cc2c1c1ccccc1n2S(=O)(=O)c1ccccc1. The zero-order valence-corrected chi connectivity index (χ0v) is 17.0. The number of para-hydroxylation sites is 1. The molecule has 0 amide bonds. The molecule has 0 saturated heterocycles. The number of Topliss-reactive ketones (excluding diaryl/α,β-unsaturated/α-hetero) is 1. The first-order valence-electron chi connectivity index (χ1n) is 9.78. The van der Waals surface area contributed by atoms with Crippen LogP contribution in [-0.4, -0.2) is 29.6 Å². The van der Waals surface area contributed by atoms with E-state index in [-0.39, 0.29) is 17.2 Å². The molecule has 30 heavy (non-hydrogen) atoms. The van der Waals surface area contributed by atoms with Crippen LogP contribution in [0.25, 0.3) is 10.9 Å². The van der Waals surface area contributed by atoms with E-state index in [1.54, 1.807) is 42.5 Å². The molecule has 0 spiro atoms. The second-order valence-electron chi connectivity index (χ2n) is 7.48. The Hall–Kier alpha value is -3.22. The number of hydrogen-bond acceptors (Lipinski definition) is 4. The molecule has 2 heterocycles. The molecule has 0 radical (unpaired) electrons. The number of carbonyl (C=O) groups excluding carboxylic acids is 1. The Morgan fingerprint density at radius 2 is 1.40 bits per heavy atom. The second-order valence-corrected chi connectivity index (χ2v) is 9.26. The summed E-state index contributed by atoms with van der Waals surface area (Å²) in [5, 5.41) is 0.691. The van der Waals surface area contributed by atoms with Crippen molar-refractivity contribution in [1.82, 2.24) is 8.87 Å². The molecule has 5 nitrogen and oxygen atoms in total. The molecule has 0 unspecified atom stereocenters. The van der Waals surface area contributed by atoms with Gasteiger partial charge in [0.25, 0.3) is 10.0 Å². The third kappa shape index (κ3) is 3.05. The summed E-state index contributed by atoms with van der Waals surface area (Å²) in [6.07, 6.45) is 0. The predicted molar refractivity (Wildman–Crippen MR) is 116 cm³/mol. The molecule has 0 saturated carbocycles. The van der Waals surface area contributed by atoms with E-state index in [0.717, 1.165) is 5.56 Å². The van der Waals surface area contributed by atoms with Gasteiger partial charge >= 0.3 is 0 Å². The van der Waals surface area contributed by atoms with Crippen LogP contribution in [0.5, 0.6) is 0 Å². The predicted octanol–water partition coefficient (Wildman–Crippen LogP) is 4.08. The molecule has 0 bridgehead atoms. The van der Waals surface area contributed by atoms with Gasteiger partial charge in [-0.15, -0.1) is 0 Å². The highest BCUT2D eigenvalue weighted by molar-refractivity contribution is 7.90. The topological polar surface area (TPSA) is 59.4 Å². The quantitative estimate of drug-likeness (QED) is 0.503. The fraction of sp³-hybridized carbons (Fsp3) is 0.125. The minimum absolute atomic E-state index is 0.0506. The van der Waals surface area contributed by atoms with Gasteiger partial charge in [-0.1, -0.05) is 66.7 Å². The third-order valence-electron chi connectivity index (χ3n) is 5.48. The van der Waals surface area contributed by atoms with Crippen LogP contribution >= 0.6 is 0 Å².